The summed E-state index contributed by atoms with van der Waals surface area (Å²) in [6.07, 6.45) is 4.76. The molecule has 1 aliphatic rings. The average Bonchev–Trinajstić information content (AvgIpc) is 3.40. The molecule has 3 aromatic rings. The van der Waals surface area contributed by atoms with E-state index < -0.39 is 0 Å². The molecule has 0 unspecified atom stereocenters. The Morgan fingerprint density at radius 3 is 2.76 bits per heavy atom. The van der Waals surface area contributed by atoms with Crippen LogP contribution in [0.3, 0.4) is 0 Å². The number of ether oxygens (including phenoxy) is 1. The zero-order valence-corrected chi connectivity index (χ0v) is 15.2. The molecule has 0 amide bonds. The quantitative estimate of drug-likeness (QED) is 0.542. The van der Waals surface area contributed by atoms with Gasteiger partial charge in [-0.05, 0) is 68.9 Å². The Morgan fingerprint density at radius 2 is 1.92 bits per heavy atom. The highest BCUT2D eigenvalue weighted by Crippen LogP contribution is 2.40. The number of fused-ring (bicyclic) bond motifs is 1. The van der Waals surface area contributed by atoms with E-state index in [1.54, 1.807) is 0 Å². The van der Waals surface area contributed by atoms with Gasteiger partial charge >= 0.3 is 0 Å². The number of unbranched alkanes of at least 4 members (excludes halogenated alkanes) is 1. The molecule has 0 N–H and O–H groups in total. The second kappa shape index (κ2) is 6.91. The van der Waals surface area contributed by atoms with Gasteiger partial charge in [-0.2, -0.15) is 0 Å². The Labute approximate surface area is 149 Å². The number of rotatable bonds is 7. The molecule has 1 aliphatic carbocycles. The average molecular weight is 334 g/mol. The van der Waals surface area contributed by atoms with Gasteiger partial charge in [0.15, 0.2) is 0 Å². The van der Waals surface area contributed by atoms with Crippen LogP contribution in [0.25, 0.3) is 11.0 Å². The molecule has 0 spiro atoms. The zero-order valence-electron chi connectivity index (χ0n) is 15.2. The van der Waals surface area contributed by atoms with E-state index in [1.165, 1.54) is 35.3 Å². The first-order valence-electron chi connectivity index (χ1n) is 9.37. The summed E-state index contributed by atoms with van der Waals surface area (Å²) in [5.41, 5.74) is 4.87. The van der Waals surface area contributed by atoms with Crippen LogP contribution >= 0.6 is 0 Å². The van der Waals surface area contributed by atoms with E-state index in [4.69, 9.17) is 9.72 Å². The molecule has 1 fully saturated rings. The van der Waals surface area contributed by atoms with Crippen molar-refractivity contribution >= 4 is 11.0 Å². The molecule has 1 heterocycles. The van der Waals surface area contributed by atoms with Crippen LogP contribution in [-0.4, -0.2) is 16.2 Å². The Balaban J connectivity index is 1.36. The van der Waals surface area contributed by atoms with E-state index in [0.717, 1.165) is 37.3 Å². The van der Waals surface area contributed by atoms with Gasteiger partial charge in [0.25, 0.3) is 0 Å². The summed E-state index contributed by atoms with van der Waals surface area (Å²) >= 11 is 0. The molecule has 0 atom stereocenters. The third-order valence-corrected chi connectivity index (χ3v) is 5.00. The number of para-hydroxylation sites is 2. The highest BCUT2D eigenvalue weighted by Gasteiger charge is 2.29. The van der Waals surface area contributed by atoms with Crippen molar-refractivity contribution in [1.82, 2.24) is 9.55 Å². The van der Waals surface area contributed by atoms with Gasteiger partial charge in [0, 0.05) is 12.5 Å². The number of hydrogen-bond donors (Lipinski definition) is 0. The van der Waals surface area contributed by atoms with Gasteiger partial charge < -0.3 is 9.30 Å². The molecule has 1 saturated carbocycles. The second-order valence-electron chi connectivity index (χ2n) is 7.21. The molecule has 0 saturated heterocycles. The predicted octanol–water partition coefficient (Wildman–Crippen LogP) is 5.39. The first kappa shape index (κ1) is 16.2. The van der Waals surface area contributed by atoms with E-state index >= 15 is 0 Å². The summed E-state index contributed by atoms with van der Waals surface area (Å²) in [4.78, 5) is 4.87. The van der Waals surface area contributed by atoms with E-state index in [0.29, 0.717) is 5.92 Å². The fourth-order valence-corrected chi connectivity index (χ4v) is 3.40. The largest absolute Gasteiger partial charge is 0.493 e. The summed E-state index contributed by atoms with van der Waals surface area (Å²) in [5, 5.41) is 0. The minimum Gasteiger partial charge on any atom is -0.493 e. The van der Waals surface area contributed by atoms with Gasteiger partial charge in [0.05, 0.1) is 17.6 Å². The van der Waals surface area contributed by atoms with Crippen molar-refractivity contribution in [2.45, 2.75) is 52.0 Å². The predicted molar refractivity (Wildman–Crippen MR) is 102 cm³/mol. The van der Waals surface area contributed by atoms with Crippen LogP contribution < -0.4 is 4.74 Å². The van der Waals surface area contributed by atoms with Crippen LogP contribution in [0, 0.1) is 13.8 Å². The molecule has 3 heteroatoms. The number of imidazole rings is 1. The van der Waals surface area contributed by atoms with Crippen LogP contribution in [0.2, 0.25) is 0 Å². The van der Waals surface area contributed by atoms with Gasteiger partial charge in [-0.15, -0.1) is 0 Å². The molecule has 0 bridgehead atoms. The normalized spacial score (nSPS) is 14.2. The van der Waals surface area contributed by atoms with Gasteiger partial charge in [0.2, 0.25) is 0 Å². The van der Waals surface area contributed by atoms with Crippen molar-refractivity contribution in [1.29, 1.82) is 0 Å². The number of aryl methyl sites for hydroxylation is 3. The van der Waals surface area contributed by atoms with E-state index in [-0.39, 0.29) is 0 Å². The number of benzene rings is 2. The monoisotopic (exact) mass is 334 g/mol. The van der Waals surface area contributed by atoms with Crippen LogP contribution in [0.5, 0.6) is 5.75 Å². The van der Waals surface area contributed by atoms with Gasteiger partial charge in [0.1, 0.15) is 11.6 Å². The van der Waals surface area contributed by atoms with Crippen molar-refractivity contribution in [2.24, 2.45) is 0 Å². The minimum absolute atomic E-state index is 0.679. The fraction of sp³-hybridized carbons (Fsp3) is 0.409. The van der Waals surface area contributed by atoms with Crippen molar-refractivity contribution in [3.05, 3.63) is 59.4 Å². The molecule has 2 aromatic carbocycles. The van der Waals surface area contributed by atoms with Crippen LogP contribution in [0.4, 0.5) is 0 Å². The van der Waals surface area contributed by atoms with Crippen molar-refractivity contribution in [3.8, 4) is 5.75 Å². The lowest BCUT2D eigenvalue weighted by Gasteiger charge is -2.11. The fourth-order valence-electron chi connectivity index (χ4n) is 3.40. The summed E-state index contributed by atoms with van der Waals surface area (Å²) in [5.74, 6) is 2.99. The molecule has 4 rings (SSSR count). The smallest absolute Gasteiger partial charge is 0.122 e. The topological polar surface area (TPSA) is 27.1 Å². The summed E-state index contributed by atoms with van der Waals surface area (Å²) in [6, 6.07) is 14.9. The second-order valence-corrected chi connectivity index (χ2v) is 7.21. The maximum atomic E-state index is 5.99. The lowest BCUT2D eigenvalue weighted by atomic mass is 10.1. The summed E-state index contributed by atoms with van der Waals surface area (Å²) < 4.78 is 8.43. The van der Waals surface area contributed by atoms with Gasteiger partial charge in [-0.1, -0.05) is 24.3 Å². The molecule has 25 heavy (non-hydrogen) atoms. The van der Waals surface area contributed by atoms with Crippen molar-refractivity contribution in [2.75, 3.05) is 6.61 Å². The highest BCUT2D eigenvalue weighted by molar-refractivity contribution is 5.76. The number of aromatic nitrogens is 2. The standard InChI is InChI=1S/C22H26N2O/c1-16-9-10-17(2)21(15-16)25-14-6-5-13-24-20-8-4-3-7-19(20)23-22(24)18-11-12-18/h3-4,7-10,15,18H,5-6,11-14H2,1-2H3. The van der Waals surface area contributed by atoms with Crippen LogP contribution in [0.1, 0.15) is 48.6 Å². The first-order valence-corrected chi connectivity index (χ1v) is 9.37. The first-order chi connectivity index (χ1) is 12.2. The molecule has 0 aliphatic heterocycles. The third kappa shape index (κ3) is 3.55. The molecule has 1 aromatic heterocycles. The van der Waals surface area contributed by atoms with Crippen molar-refractivity contribution < 1.29 is 4.74 Å². The Kier molecular flexibility index (Phi) is 4.48. The third-order valence-electron chi connectivity index (χ3n) is 5.00. The van der Waals surface area contributed by atoms with Crippen LogP contribution in [0.15, 0.2) is 42.5 Å². The maximum Gasteiger partial charge on any atom is 0.122 e. The molecule has 130 valence electrons. The maximum absolute atomic E-state index is 5.99. The zero-order chi connectivity index (χ0) is 17.2. The van der Waals surface area contributed by atoms with Crippen LogP contribution in [-0.2, 0) is 6.54 Å². The summed E-state index contributed by atoms with van der Waals surface area (Å²) in [6.45, 7) is 6.02. The molecule has 3 nitrogen and oxygen atoms in total. The lowest BCUT2D eigenvalue weighted by Crippen LogP contribution is -2.06. The molecular weight excluding hydrogens is 308 g/mol. The SMILES string of the molecule is Cc1ccc(C)c(OCCCCn2c(C3CC3)nc3ccccc32)c1. The highest BCUT2D eigenvalue weighted by atomic mass is 16.5. The van der Waals surface area contributed by atoms with Crippen molar-refractivity contribution in [3.63, 3.8) is 0 Å². The minimum atomic E-state index is 0.679. The lowest BCUT2D eigenvalue weighted by molar-refractivity contribution is 0.301. The molecular formula is C22H26N2O. The van der Waals surface area contributed by atoms with E-state index in [1.807, 2.05) is 0 Å². The molecule has 0 radical (unpaired) electrons. The Morgan fingerprint density at radius 1 is 1.08 bits per heavy atom. The number of hydrogen-bond acceptors (Lipinski definition) is 2. The van der Waals surface area contributed by atoms with Gasteiger partial charge in [-0.3, -0.25) is 0 Å². The Bertz CT molecular complexity index is 877. The Hall–Kier alpha value is -2.29. The number of nitrogens with zero attached hydrogens (tertiary/aromatic N) is 2. The summed E-state index contributed by atoms with van der Waals surface area (Å²) in [7, 11) is 0. The van der Waals surface area contributed by atoms with E-state index in [9.17, 15) is 0 Å². The van der Waals surface area contributed by atoms with Gasteiger partial charge in [-0.25, -0.2) is 4.98 Å². The van der Waals surface area contributed by atoms with E-state index in [2.05, 4.69) is 60.9 Å².